The number of halogens is 1. The molecule has 0 radical (unpaired) electrons. The first kappa shape index (κ1) is 19.4. The quantitative estimate of drug-likeness (QED) is 0.755. The van der Waals surface area contributed by atoms with Gasteiger partial charge in [-0.3, -0.25) is 4.79 Å². The molecule has 1 amide bonds. The van der Waals surface area contributed by atoms with Gasteiger partial charge in [0.05, 0.1) is 0 Å². The van der Waals surface area contributed by atoms with E-state index in [0.717, 1.165) is 5.56 Å². The second-order valence-corrected chi connectivity index (χ2v) is 6.44. The van der Waals surface area contributed by atoms with Crippen molar-refractivity contribution in [1.29, 1.82) is 0 Å². The monoisotopic (exact) mass is 359 g/mol. The number of hydrogen-bond donors (Lipinski definition) is 2. The molecular formula is C20H22FNO4. The van der Waals surface area contributed by atoms with Crippen molar-refractivity contribution in [3.63, 3.8) is 0 Å². The molecule has 0 saturated carbocycles. The van der Waals surface area contributed by atoms with Crippen LogP contribution in [0.2, 0.25) is 0 Å². The molecule has 2 rings (SSSR count). The minimum atomic E-state index is -1.06. The third-order valence-electron chi connectivity index (χ3n) is 3.73. The van der Waals surface area contributed by atoms with Crippen molar-refractivity contribution in [3.8, 4) is 5.75 Å². The van der Waals surface area contributed by atoms with Crippen LogP contribution in [0.5, 0.6) is 5.75 Å². The number of nitrogens with one attached hydrogen (secondary N) is 1. The highest BCUT2D eigenvalue weighted by Crippen LogP contribution is 2.16. The van der Waals surface area contributed by atoms with Crippen molar-refractivity contribution in [1.82, 2.24) is 5.32 Å². The van der Waals surface area contributed by atoms with E-state index in [2.05, 4.69) is 5.32 Å². The van der Waals surface area contributed by atoms with E-state index in [1.807, 2.05) is 13.8 Å². The van der Waals surface area contributed by atoms with E-state index in [1.165, 1.54) is 12.1 Å². The maximum atomic E-state index is 12.9. The average molecular weight is 359 g/mol. The Morgan fingerprint density at radius 1 is 1.15 bits per heavy atom. The Hall–Kier alpha value is -2.89. The Balaban J connectivity index is 2.01. The number of carboxylic acid groups (broad SMARTS) is 1. The van der Waals surface area contributed by atoms with Crippen molar-refractivity contribution in [2.75, 3.05) is 0 Å². The number of carbonyl (C=O) groups excluding carboxylic acids is 1. The van der Waals surface area contributed by atoms with E-state index in [4.69, 9.17) is 4.74 Å². The van der Waals surface area contributed by atoms with Gasteiger partial charge in [0.25, 0.3) is 5.91 Å². The van der Waals surface area contributed by atoms with Gasteiger partial charge in [-0.15, -0.1) is 0 Å². The van der Waals surface area contributed by atoms with Crippen LogP contribution in [-0.4, -0.2) is 23.0 Å². The van der Waals surface area contributed by atoms with Crippen molar-refractivity contribution in [2.45, 2.75) is 32.9 Å². The zero-order valence-electron chi connectivity index (χ0n) is 14.7. The first-order chi connectivity index (χ1) is 12.3. The van der Waals surface area contributed by atoms with E-state index < -0.39 is 17.9 Å². The second-order valence-electron chi connectivity index (χ2n) is 6.44. The second kappa shape index (κ2) is 8.99. The summed E-state index contributed by atoms with van der Waals surface area (Å²) in [4.78, 5) is 23.6. The third kappa shape index (κ3) is 5.88. The summed E-state index contributed by atoms with van der Waals surface area (Å²) in [6.45, 7) is 4.02. The summed E-state index contributed by atoms with van der Waals surface area (Å²) in [5.41, 5.74) is 1.11. The standard InChI is InChI=1S/C20H22FNO4/c1-13(2)10-18(20(24)25)22-19(23)15-4-3-5-17(11-15)26-12-14-6-8-16(21)9-7-14/h3-9,11,13,18H,10,12H2,1-2H3,(H,22,23)(H,24,25). The lowest BCUT2D eigenvalue weighted by Gasteiger charge is -2.16. The first-order valence-corrected chi connectivity index (χ1v) is 8.36. The molecule has 26 heavy (non-hydrogen) atoms. The van der Waals surface area contributed by atoms with Crippen LogP contribution in [0.4, 0.5) is 4.39 Å². The first-order valence-electron chi connectivity index (χ1n) is 8.36. The topological polar surface area (TPSA) is 75.6 Å². The van der Waals surface area contributed by atoms with Crippen LogP contribution in [0.3, 0.4) is 0 Å². The van der Waals surface area contributed by atoms with E-state index in [-0.39, 0.29) is 18.3 Å². The third-order valence-corrected chi connectivity index (χ3v) is 3.73. The van der Waals surface area contributed by atoms with Gasteiger partial charge in [0.15, 0.2) is 0 Å². The molecule has 2 aromatic rings. The fourth-order valence-corrected chi connectivity index (χ4v) is 2.41. The predicted octanol–water partition coefficient (Wildman–Crippen LogP) is 3.63. The lowest BCUT2D eigenvalue weighted by Crippen LogP contribution is -2.41. The molecule has 0 saturated heterocycles. The average Bonchev–Trinajstić information content (AvgIpc) is 2.60. The van der Waals surface area contributed by atoms with Crippen molar-refractivity contribution >= 4 is 11.9 Å². The highest BCUT2D eigenvalue weighted by molar-refractivity contribution is 5.96. The van der Waals surface area contributed by atoms with Crippen molar-refractivity contribution < 1.29 is 23.8 Å². The highest BCUT2D eigenvalue weighted by Gasteiger charge is 2.21. The summed E-state index contributed by atoms with van der Waals surface area (Å²) in [6, 6.07) is 11.5. The van der Waals surface area contributed by atoms with Crippen LogP contribution >= 0.6 is 0 Å². The Morgan fingerprint density at radius 3 is 2.46 bits per heavy atom. The van der Waals surface area contributed by atoms with Gasteiger partial charge in [0, 0.05) is 5.56 Å². The number of rotatable bonds is 8. The molecule has 6 heteroatoms. The Bertz CT molecular complexity index is 759. The highest BCUT2D eigenvalue weighted by atomic mass is 19.1. The summed E-state index contributed by atoms with van der Waals surface area (Å²) < 4.78 is 18.5. The molecule has 0 aliphatic carbocycles. The van der Waals surface area contributed by atoms with Crippen LogP contribution in [0.15, 0.2) is 48.5 Å². The van der Waals surface area contributed by atoms with E-state index in [9.17, 15) is 19.1 Å². The van der Waals surface area contributed by atoms with Gasteiger partial charge < -0.3 is 15.2 Å². The van der Waals surface area contributed by atoms with Gasteiger partial charge in [-0.25, -0.2) is 9.18 Å². The van der Waals surface area contributed by atoms with Crippen LogP contribution in [0.25, 0.3) is 0 Å². The Morgan fingerprint density at radius 2 is 1.85 bits per heavy atom. The van der Waals surface area contributed by atoms with Gasteiger partial charge in [0.2, 0.25) is 0 Å². The van der Waals surface area contributed by atoms with Crippen LogP contribution in [0, 0.1) is 11.7 Å². The molecule has 0 bridgehead atoms. The molecule has 2 aromatic carbocycles. The van der Waals surface area contributed by atoms with E-state index >= 15 is 0 Å². The number of ether oxygens (including phenoxy) is 1. The molecule has 0 aliphatic rings. The van der Waals surface area contributed by atoms with Gasteiger partial charge in [-0.1, -0.05) is 32.0 Å². The fourth-order valence-electron chi connectivity index (χ4n) is 2.41. The lowest BCUT2D eigenvalue weighted by molar-refractivity contribution is -0.139. The molecule has 2 N–H and O–H groups in total. The number of amides is 1. The lowest BCUT2D eigenvalue weighted by atomic mass is 10.0. The summed E-state index contributed by atoms with van der Waals surface area (Å²) in [5.74, 6) is -1.23. The number of hydrogen-bond acceptors (Lipinski definition) is 3. The van der Waals surface area contributed by atoms with Crippen LogP contribution in [0.1, 0.15) is 36.2 Å². The van der Waals surface area contributed by atoms with Crippen LogP contribution in [-0.2, 0) is 11.4 Å². The van der Waals surface area contributed by atoms with Gasteiger partial charge in [-0.05, 0) is 48.2 Å². The molecule has 0 heterocycles. The number of carboxylic acids is 1. The molecule has 1 unspecified atom stereocenters. The maximum Gasteiger partial charge on any atom is 0.326 e. The van der Waals surface area contributed by atoms with Gasteiger partial charge in [0.1, 0.15) is 24.2 Å². The summed E-state index contributed by atoms with van der Waals surface area (Å²) in [6.07, 6.45) is 0.349. The van der Waals surface area contributed by atoms with Crippen molar-refractivity contribution in [2.24, 2.45) is 5.92 Å². The van der Waals surface area contributed by atoms with Crippen LogP contribution < -0.4 is 10.1 Å². The van der Waals surface area contributed by atoms with E-state index in [1.54, 1.807) is 36.4 Å². The Labute approximate surface area is 151 Å². The van der Waals surface area contributed by atoms with Gasteiger partial charge >= 0.3 is 5.97 Å². The maximum absolute atomic E-state index is 12.9. The normalized spacial score (nSPS) is 11.8. The molecule has 138 valence electrons. The molecule has 1 atom stereocenters. The SMILES string of the molecule is CC(C)CC(NC(=O)c1cccc(OCc2ccc(F)cc2)c1)C(=O)O. The zero-order valence-corrected chi connectivity index (χ0v) is 14.7. The number of carbonyl (C=O) groups is 2. The molecule has 0 spiro atoms. The van der Waals surface area contributed by atoms with Crippen molar-refractivity contribution in [3.05, 3.63) is 65.5 Å². The fraction of sp³-hybridized carbons (Fsp3) is 0.300. The van der Waals surface area contributed by atoms with Gasteiger partial charge in [-0.2, -0.15) is 0 Å². The minimum absolute atomic E-state index is 0.141. The molecule has 0 aromatic heterocycles. The Kier molecular flexibility index (Phi) is 6.72. The molecule has 5 nitrogen and oxygen atoms in total. The smallest absolute Gasteiger partial charge is 0.326 e. The summed E-state index contributed by atoms with van der Waals surface area (Å²) in [5, 5.41) is 11.8. The molecule has 0 fully saturated rings. The molecule has 0 aliphatic heterocycles. The predicted molar refractivity (Wildman–Crippen MR) is 95.5 cm³/mol. The summed E-state index contributed by atoms with van der Waals surface area (Å²) in [7, 11) is 0. The molecular weight excluding hydrogens is 337 g/mol. The van der Waals surface area contributed by atoms with E-state index in [0.29, 0.717) is 17.7 Å². The zero-order chi connectivity index (χ0) is 19.1. The number of aliphatic carboxylic acids is 1. The minimum Gasteiger partial charge on any atom is -0.489 e. The largest absolute Gasteiger partial charge is 0.489 e. The number of benzene rings is 2. The summed E-state index contributed by atoms with van der Waals surface area (Å²) >= 11 is 0.